The van der Waals surface area contributed by atoms with E-state index < -0.39 is 16.8 Å². The lowest BCUT2D eigenvalue weighted by Gasteiger charge is -2.06. The predicted molar refractivity (Wildman–Crippen MR) is 112 cm³/mol. The van der Waals surface area contributed by atoms with E-state index in [1.165, 1.54) is 18.2 Å². The van der Waals surface area contributed by atoms with E-state index in [2.05, 4.69) is 31.6 Å². The molecule has 3 aromatic carbocycles. The van der Waals surface area contributed by atoms with E-state index in [1.54, 1.807) is 54.6 Å². The zero-order chi connectivity index (χ0) is 21.5. The molecule has 0 unspecified atom stereocenters. The minimum Gasteiger partial charge on any atom is -0.338 e. The van der Waals surface area contributed by atoms with E-state index in [9.17, 15) is 19.7 Å². The maximum atomic E-state index is 12.2. The Balaban J connectivity index is 1.62. The molecule has 0 aliphatic rings. The zero-order valence-corrected chi connectivity index (χ0v) is 16.8. The number of azo groups is 1. The number of nitro groups is 1. The van der Waals surface area contributed by atoms with Gasteiger partial charge in [0.2, 0.25) is 0 Å². The molecule has 1 amide bonds. The molecular formula is C20H13BrN4O5. The van der Waals surface area contributed by atoms with Crippen LogP contribution in [-0.2, 0) is 4.84 Å². The van der Waals surface area contributed by atoms with Crippen molar-refractivity contribution in [1.82, 2.24) is 0 Å². The third kappa shape index (κ3) is 5.11. The van der Waals surface area contributed by atoms with Gasteiger partial charge in [-0.2, -0.15) is 0 Å². The highest BCUT2D eigenvalue weighted by Gasteiger charge is 2.19. The van der Waals surface area contributed by atoms with Gasteiger partial charge >= 0.3 is 5.97 Å². The first-order valence-electron chi connectivity index (χ1n) is 8.47. The molecule has 30 heavy (non-hydrogen) atoms. The molecule has 0 heterocycles. The Bertz CT molecular complexity index is 1120. The summed E-state index contributed by atoms with van der Waals surface area (Å²) in [7, 11) is 0. The van der Waals surface area contributed by atoms with Crippen LogP contribution in [0.3, 0.4) is 0 Å². The highest BCUT2D eigenvalue weighted by molar-refractivity contribution is 9.10. The Morgan fingerprint density at radius 2 is 1.67 bits per heavy atom. The van der Waals surface area contributed by atoms with Crippen molar-refractivity contribution in [2.75, 3.05) is 5.48 Å². The Morgan fingerprint density at radius 1 is 0.967 bits per heavy atom. The number of hydrogen-bond donors (Lipinski definition) is 1. The van der Waals surface area contributed by atoms with Gasteiger partial charge in [0.05, 0.1) is 27.4 Å². The van der Waals surface area contributed by atoms with Gasteiger partial charge in [0, 0.05) is 6.07 Å². The Hall–Kier alpha value is -3.92. The smallest absolute Gasteiger partial charge is 0.338 e. The Kier molecular flexibility index (Phi) is 6.60. The number of carbonyl (C=O) groups excluding carboxylic acids is 2. The van der Waals surface area contributed by atoms with Gasteiger partial charge in [0.25, 0.3) is 11.6 Å². The van der Waals surface area contributed by atoms with Gasteiger partial charge in [-0.3, -0.25) is 14.9 Å². The van der Waals surface area contributed by atoms with Crippen LogP contribution < -0.4 is 5.48 Å². The highest BCUT2D eigenvalue weighted by atomic mass is 79.9. The van der Waals surface area contributed by atoms with Crippen molar-refractivity contribution < 1.29 is 19.3 Å². The van der Waals surface area contributed by atoms with Gasteiger partial charge in [0.1, 0.15) is 4.47 Å². The second kappa shape index (κ2) is 9.52. The fraction of sp³-hybridized carbons (Fsp3) is 0. The fourth-order valence-electron chi connectivity index (χ4n) is 2.32. The van der Waals surface area contributed by atoms with Gasteiger partial charge in [0.15, 0.2) is 0 Å². The van der Waals surface area contributed by atoms with Gasteiger partial charge in [-0.15, -0.1) is 10.2 Å². The van der Waals surface area contributed by atoms with Crippen LogP contribution in [0, 0.1) is 10.1 Å². The van der Waals surface area contributed by atoms with E-state index in [0.29, 0.717) is 16.9 Å². The van der Waals surface area contributed by atoms with Crippen molar-refractivity contribution in [3.05, 3.63) is 98.5 Å². The fourth-order valence-corrected chi connectivity index (χ4v) is 2.90. The molecule has 150 valence electrons. The van der Waals surface area contributed by atoms with Crippen molar-refractivity contribution >= 4 is 44.9 Å². The van der Waals surface area contributed by atoms with Gasteiger partial charge in [-0.1, -0.05) is 24.3 Å². The van der Waals surface area contributed by atoms with Crippen LogP contribution in [-0.4, -0.2) is 16.8 Å². The molecule has 0 spiro atoms. The summed E-state index contributed by atoms with van der Waals surface area (Å²) in [5.74, 6) is -1.27. The van der Waals surface area contributed by atoms with E-state index in [0.717, 1.165) is 0 Å². The third-order valence-electron chi connectivity index (χ3n) is 3.80. The molecule has 0 saturated heterocycles. The number of halogens is 1. The van der Waals surface area contributed by atoms with E-state index in [4.69, 9.17) is 4.84 Å². The van der Waals surface area contributed by atoms with Gasteiger partial charge in [-0.05, 0) is 58.4 Å². The number of nitrogens with one attached hydrogen (secondary N) is 1. The monoisotopic (exact) mass is 468 g/mol. The standard InChI is InChI=1S/C20H13BrN4O5/c21-18-16(7-4-8-17(18)25(28)29)19(26)23-22-14-9-11-15(12-10-14)24-30-20(27)13-5-2-1-3-6-13/h1-12,24H. The molecule has 0 saturated carbocycles. The second-order valence-corrected chi connectivity index (χ2v) is 6.60. The van der Waals surface area contributed by atoms with E-state index >= 15 is 0 Å². The van der Waals surface area contributed by atoms with Crippen molar-refractivity contribution in [2.45, 2.75) is 0 Å². The van der Waals surface area contributed by atoms with Crippen LogP contribution in [0.25, 0.3) is 0 Å². The summed E-state index contributed by atoms with van der Waals surface area (Å²) in [5.41, 5.74) is 3.58. The number of benzene rings is 3. The summed E-state index contributed by atoms with van der Waals surface area (Å²) in [5, 5.41) is 18.4. The average molecular weight is 469 g/mol. The van der Waals surface area contributed by atoms with Crippen molar-refractivity contribution in [1.29, 1.82) is 0 Å². The minimum atomic E-state index is -0.732. The van der Waals surface area contributed by atoms with Crippen LogP contribution in [0.1, 0.15) is 20.7 Å². The van der Waals surface area contributed by atoms with Crippen LogP contribution in [0.15, 0.2) is 87.5 Å². The second-order valence-electron chi connectivity index (χ2n) is 5.81. The molecule has 10 heteroatoms. The molecule has 0 bridgehead atoms. The molecule has 0 fully saturated rings. The first-order chi connectivity index (χ1) is 14.5. The number of nitro benzene ring substituents is 1. The topological polar surface area (TPSA) is 123 Å². The Labute approximate surface area is 178 Å². The zero-order valence-electron chi connectivity index (χ0n) is 15.2. The summed E-state index contributed by atoms with van der Waals surface area (Å²) in [6.07, 6.45) is 0. The number of rotatable bonds is 6. The number of hydrogen-bond acceptors (Lipinski definition) is 7. The molecule has 3 rings (SSSR count). The molecule has 0 aliphatic carbocycles. The first-order valence-corrected chi connectivity index (χ1v) is 9.26. The molecule has 0 radical (unpaired) electrons. The minimum absolute atomic E-state index is 0.0269. The largest absolute Gasteiger partial charge is 0.362 e. The molecular weight excluding hydrogens is 456 g/mol. The molecule has 3 aromatic rings. The SMILES string of the molecule is O=C(ONc1ccc(N=NC(=O)c2cccc([N+](=O)[O-])c2Br)cc1)c1ccccc1. The maximum absolute atomic E-state index is 12.2. The number of carbonyl (C=O) groups is 2. The summed E-state index contributed by atoms with van der Waals surface area (Å²) >= 11 is 3.05. The van der Waals surface area contributed by atoms with Crippen molar-refractivity contribution in [3.63, 3.8) is 0 Å². The van der Waals surface area contributed by atoms with Gasteiger partial charge < -0.3 is 4.84 Å². The maximum Gasteiger partial charge on any atom is 0.362 e. The Morgan fingerprint density at radius 3 is 2.33 bits per heavy atom. The molecule has 0 aliphatic heterocycles. The van der Waals surface area contributed by atoms with Crippen LogP contribution in [0.5, 0.6) is 0 Å². The van der Waals surface area contributed by atoms with Crippen molar-refractivity contribution in [3.8, 4) is 0 Å². The molecule has 0 atom stereocenters. The summed E-state index contributed by atoms with van der Waals surface area (Å²) in [6.45, 7) is 0. The van der Waals surface area contributed by atoms with Crippen LogP contribution in [0.4, 0.5) is 17.1 Å². The summed E-state index contributed by atoms with van der Waals surface area (Å²) < 4.78 is 0.0405. The molecule has 0 aromatic heterocycles. The normalized spacial score (nSPS) is 10.6. The summed E-state index contributed by atoms with van der Waals surface area (Å²) in [4.78, 5) is 39.4. The number of nitrogens with zero attached hydrogens (tertiary/aromatic N) is 3. The lowest BCUT2D eigenvalue weighted by Crippen LogP contribution is -2.10. The number of anilines is 1. The van der Waals surface area contributed by atoms with Crippen LogP contribution >= 0.6 is 15.9 Å². The van der Waals surface area contributed by atoms with E-state index in [-0.39, 0.29) is 15.7 Å². The average Bonchev–Trinajstić information content (AvgIpc) is 2.77. The molecule has 1 N–H and O–H groups in total. The lowest BCUT2D eigenvalue weighted by atomic mass is 10.2. The summed E-state index contributed by atoms with van der Waals surface area (Å²) in [6, 6.07) is 18.8. The quantitative estimate of drug-likeness (QED) is 0.290. The van der Waals surface area contributed by atoms with Crippen LogP contribution in [0.2, 0.25) is 0 Å². The van der Waals surface area contributed by atoms with E-state index in [1.807, 2.05) is 0 Å². The third-order valence-corrected chi connectivity index (χ3v) is 4.63. The highest BCUT2D eigenvalue weighted by Crippen LogP contribution is 2.29. The lowest BCUT2D eigenvalue weighted by molar-refractivity contribution is -0.385. The number of amides is 1. The first kappa shape index (κ1) is 20.8. The molecule has 9 nitrogen and oxygen atoms in total. The van der Waals surface area contributed by atoms with Crippen molar-refractivity contribution in [2.24, 2.45) is 10.2 Å². The predicted octanol–water partition coefficient (Wildman–Crippen LogP) is 5.47. The van der Waals surface area contributed by atoms with Gasteiger partial charge in [-0.25, -0.2) is 10.3 Å².